The van der Waals surface area contributed by atoms with Gasteiger partial charge in [-0.05, 0) is 29.7 Å². The molecule has 2 heterocycles. The van der Waals surface area contributed by atoms with Crippen LogP contribution in [0.15, 0.2) is 40.8 Å². The highest BCUT2D eigenvalue weighted by atomic mass is 32.2. The predicted molar refractivity (Wildman–Crippen MR) is 101 cm³/mol. The number of carbonyl (C=O) groups excluding carboxylic acids is 1. The zero-order valence-electron chi connectivity index (χ0n) is 13.8. The van der Waals surface area contributed by atoms with Gasteiger partial charge in [0.05, 0.1) is 4.91 Å². The van der Waals surface area contributed by atoms with Gasteiger partial charge in [-0.25, -0.2) is 4.79 Å². The van der Waals surface area contributed by atoms with Crippen LogP contribution < -0.4 is 4.74 Å². The Kier molecular flexibility index (Phi) is 4.96. The number of rotatable bonds is 4. The number of benzene rings is 1. The third-order valence-electron chi connectivity index (χ3n) is 3.96. The summed E-state index contributed by atoms with van der Waals surface area (Å²) in [5.74, 6) is -0.862. The van der Waals surface area contributed by atoms with E-state index < -0.39 is 12.0 Å². The Hall–Kier alpha value is -2.12. The van der Waals surface area contributed by atoms with Crippen LogP contribution in [0.5, 0.6) is 5.75 Å². The first kappa shape index (κ1) is 17.7. The van der Waals surface area contributed by atoms with Crippen molar-refractivity contribution in [3.05, 3.63) is 46.4 Å². The summed E-state index contributed by atoms with van der Waals surface area (Å²) in [6.07, 6.45) is 3.69. The standard InChI is InChI=1S/C18H17NO4S2/c1-10(2)15(17(21)22)19-16(20)14(25-18(19)24)8-11-7-12-5-3-4-6-13(12)23-9-11/h3-8,10,15H,9H2,1-2H3,(H,21,22)/b14-8-/t15-/m0/s1. The molecule has 130 valence electrons. The van der Waals surface area contributed by atoms with Gasteiger partial charge in [0.25, 0.3) is 5.91 Å². The van der Waals surface area contributed by atoms with E-state index in [0.717, 1.165) is 28.6 Å². The summed E-state index contributed by atoms with van der Waals surface area (Å²) in [6, 6.07) is 6.69. The molecule has 5 nitrogen and oxygen atoms in total. The highest BCUT2D eigenvalue weighted by Crippen LogP contribution is 2.36. The minimum absolute atomic E-state index is 0.247. The lowest BCUT2D eigenvalue weighted by molar-refractivity contribution is -0.146. The Labute approximate surface area is 155 Å². The van der Waals surface area contributed by atoms with Crippen LogP contribution in [-0.2, 0) is 9.59 Å². The second kappa shape index (κ2) is 7.01. The van der Waals surface area contributed by atoms with Gasteiger partial charge in [-0.15, -0.1) is 0 Å². The van der Waals surface area contributed by atoms with Crippen molar-refractivity contribution in [2.24, 2.45) is 5.92 Å². The average molecular weight is 375 g/mol. The molecule has 0 bridgehead atoms. The largest absolute Gasteiger partial charge is 0.488 e. The Balaban J connectivity index is 1.89. The van der Waals surface area contributed by atoms with Crippen molar-refractivity contribution in [2.75, 3.05) is 6.61 Å². The van der Waals surface area contributed by atoms with Gasteiger partial charge in [0.2, 0.25) is 0 Å². The van der Waals surface area contributed by atoms with Crippen LogP contribution in [0.3, 0.4) is 0 Å². The molecule has 1 aromatic rings. The monoisotopic (exact) mass is 375 g/mol. The molecule has 0 aliphatic carbocycles. The number of thiocarbonyl (C=S) groups is 1. The lowest BCUT2D eigenvalue weighted by atomic mass is 10.0. The molecule has 2 aliphatic heterocycles. The van der Waals surface area contributed by atoms with Crippen molar-refractivity contribution in [2.45, 2.75) is 19.9 Å². The molecule has 2 aliphatic rings. The van der Waals surface area contributed by atoms with E-state index in [1.54, 1.807) is 19.9 Å². The van der Waals surface area contributed by atoms with Crippen LogP contribution in [0.1, 0.15) is 19.4 Å². The van der Waals surface area contributed by atoms with Crippen LogP contribution >= 0.6 is 24.0 Å². The van der Waals surface area contributed by atoms with Gasteiger partial charge >= 0.3 is 5.97 Å². The third-order valence-corrected chi connectivity index (χ3v) is 5.29. The fourth-order valence-corrected chi connectivity index (χ4v) is 4.14. The van der Waals surface area contributed by atoms with E-state index in [1.807, 2.05) is 30.3 Å². The van der Waals surface area contributed by atoms with Gasteiger partial charge in [-0.3, -0.25) is 9.69 Å². The maximum Gasteiger partial charge on any atom is 0.327 e. The summed E-state index contributed by atoms with van der Waals surface area (Å²) in [5.41, 5.74) is 1.79. The van der Waals surface area contributed by atoms with Gasteiger partial charge in [-0.2, -0.15) is 0 Å². The van der Waals surface area contributed by atoms with Crippen LogP contribution in [0.2, 0.25) is 0 Å². The number of fused-ring (bicyclic) bond motifs is 1. The highest BCUT2D eigenvalue weighted by molar-refractivity contribution is 8.26. The molecule has 7 heteroatoms. The summed E-state index contributed by atoms with van der Waals surface area (Å²) < 4.78 is 5.96. The van der Waals surface area contributed by atoms with E-state index in [4.69, 9.17) is 17.0 Å². The number of carbonyl (C=O) groups is 2. The molecular weight excluding hydrogens is 358 g/mol. The second-order valence-electron chi connectivity index (χ2n) is 6.12. The molecule has 1 amide bonds. The summed E-state index contributed by atoms with van der Waals surface area (Å²) in [4.78, 5) is 25.9. The molecule has 1 saturated heterocycles. The molecule has 25 heavy (non-hydrogen) atoms. The molecule has 1 N–H and O–H groups in total. The van der Waals surface area contributed by atoms with Crippen molar-refractivity contribution in [3.8, 4) is 5.75 Å². The Morgan fingerprint density at radius 2 is 2.12 bits per heavy atom. The molecule has 1 atom stereocenters. The van der Waals surface area contributed by atoms with E-state index in [9.17, 15) is 14.7 Å². The second-order valence-corrected chi connectivity index (χ2v) is 7.80. The fourth-order valence-electron chi connectivity index (χ4n) is 2.80. The lowest BCUT2D eigenvalue weighted by Crippen LogP contribution is -2.47. The topological polar surface area (TPSA) is 66.8 Å². The van der Waals surface area contributed by atoms with Crippen molar-refractivity contribution in [3.63, 3.8) is 0 Å². The molecular formula is C18H17NO4S2. The van der Waals surface area contributed by atoms with Crippen molar-refractivity contribution < 1.29 is 19.4 Å². The number of carboxylic acid groups (broad SMARTS) is 1. The number of ether oxygens (including phenoxy) is 1. The van der Waals surface area contributed by atoms with Gasteiger partial charge in [0.15, 0.2) is 0 Å². The first-order chi connectivity index (χ1) is 11.9. The predicted octanol–water partition coefficient (Wildman–Crippen LogP) is 3.32. The third kappa shape index (κ3) is 3.48. The molecule has 0 saturated carbocycles. The number of para-hydroxylation sites is 1. The zero-order chi connectivity index (χ0) is 18.1. The maximum atomic E-state index is 12.7. The number of hydrogen-bond donors (Lipinski definition) is 1. The SMILES string of the molecule is CC(C)[C@@H](C(=O)O)N1C(=O)/C(=C/C2=Cc3ccccc3OC2)SC1=S. The maximum absolute atomic E-state index is 12.7. The quantitative estimate of drug-likeness (QED) is 0.643. The molecule has 1 aromatic carbocycles. The number of hydrogen-bond acceptors (Lipinski definition) is 5. The molecule has 3 rings (SSSR count). The first-order valence-corrected chi connectivity index (χ1v) is 9.03. The summed E-state index contributed by atoms with van der Waals surface area (Å²) in [6.45, 7) is 3.87. The van der Waals surface area contributed by atoms with Gasteiger partial charge in [0.1, 0.15) is 22.7 Å². The lowest BCUT2D eigenvalue weighted by Gasteiger charge is -2.26. The minimum Gasteiger partial charge on any atom is -0.488 e. The van der Waals surface area contributed by atoms with Crippen molar-refractivity contribution in [1.29, 1.82) is 0 Å². The Morgan fingerprint density at radius 1 is 1.40 bits per heavy atom. The van der Waals surface area contributed by atoms with Gasteiger partial charge in [0, 0.05) is 5.56 Å². The summed E-state index contributed by atoms with van der Waals surface area (Å²) >= 11 is 6.38. The Bertz CT molecular complexity index is 813. The van der Waals surface area contributed by atoms with E-state index in [0.29, 0.717) is 11.5 Å². The number of aliphatic carboxylic acids is 1. The number of carboxylic acids is 1. The minimum atomic E-state index is -1.05. The normalized spacial score (nSPS) is 19.7. The van der Waals surface area contributed by atoms with Crippen molar-refractivity contribution in [1.82, 2.24) is 4.90 Å². The van der Waals surface area contributed by atoms with Crippen LogP contribution in [0.4, 0.5) is 0 Å². The first-order valence-electron chi connectivity index (χ1n) is 7.80. The fraction of sp³-hybridized carbons (Fsp3) is 0.278. The molecule has 1 fully saturated rings. The molecule has 0 aromatic heterocycles. The Morgan fingerprint density at radius 3 is 2.80 bits per heavy atom. The van der Waals surface area contributed by atoms with E-state index >= 15 is 0 Å². The van der Waals surface area contributed by atoms with E-state index in [-0.39, 0.29) is 16.1 Å². The molecule has 0 unspecified atom stereocenters. The van der Waals surface area contributed by atoms with Gasteiger partial charge < -0.3 is 9.84 Å². The number of nitrogens with zero attached hydrogens (tertiary/aromatic N) is 1. The van der Waals surface area contributed by atoms with Crippen molar-refractivity contribution >= 4 is 46.3 Å². The van der Waals surface area contributed by atoms with Gasteiger partial charge in [-0.1, -0.05) is 56.0 Å². The molecule has 0 radical (unpaired) electrons. The smallest absolute Gasteiger partial charge is 0.327 e. The number of amides is 1. The average Bonchev–Trinajstić information content (AvgIpc) is 2.82. The number of thioether (sulfide) groups is 1. The van der Waals surface area contributed by atoms with E-state index in [1.165, 1.54) is 4.90 Å². The van der Waals surface area contributed by atoms with Crippen LogP contribution in [-0.4, -0.2) is 38.9 Å². The van der Waals surface area contributed by atoms with Crippen LogP contribution in [0.25, 0.3) is 6.08 Å². The zero-order valence-corrected chi connectivity index (χ0v) is 15.4. The van der Waals surface area contributed by atoms with E-state index in [2.05, 4.69) is 0 Å². The summed E-state index contributed by atoms with van der Waals surface area (Å²) in [5, 5.41) is 9.44. The molecule has 0 spiro atoms. The van der Waals surface area contributed by atoms with Crippen LogP contribution in [0, 0.1) is 5.92 Å². The summed E-state index contributed by atoms with van der Waals surface area (Å²) in [7, 11) is 0. The highest BCUT2D eigenvalue weighted by Gasteiger charge is 2.42.